The molecule has 0 bridgehead atoms. The molecule has 2 atom stereocenters. The normalized spacial score (nSPS) is 32.1. The van der Waals surface area contributed by atoms with E-state index in [4.69, 9.17) is 4.74 Å². The Labute approximate surface area is 127 Å². The third-order valence-electron chi connectivity index (χ3n) is 5.00. The number of hydrogen-bond donors (Lipinski definition) is 0. The predicted molar refractivity (Wildman–Crippen MR) is 85.5 cm³/mol. The first-order valence-corrected chi connectivity index (χ1v) is 8.23. The molecule has 2 unspecified atom stereocenters. The molecule has 0 radical (unpaired) electrons. The highest BCUT2D eigenvalue weighted by atomic mass is 16.5. The van der Waals surface area contributed by atoms with Crippen LogP contribution in [0.25, 0.3) is 0 Å². The van der Waals surface area contributed by atoms with E-state index in [0.29, 0.717) is 18.1 Å². The summed E-state index contributed by atoms with van der Waals surface area (Å²) in [5.41, 5.74) is 3.16. The molecule has 0 aromatic carbocycles. The number of nitrogens with zero attached hydrogens (tertiary/aromatic N) is 1. The molecular formula is C19H23NO. The van der Waals surface area contributed by atoms with Crippen molar-refractivity contribution in [2.75, 3.05) is 13.2 Å². The van der Waals surface area contributed by atoms with Crippen LogP contribution >= 0.6 is 0 Å². The summed E-state index contributed by atoms with van der Waals surface area (Å²) >= 11 is 0. The van der Waals surface area contributed by atoms with Gasteiger partial charge in [-0.3, -0.25) is 0 Å². The molecule has 0 aromatic heterocycles. The van der Waals surface area contributed by atoms with E-state index in [-0.39, 0.29) is 0 Å². The van der Waals surface area contributed by atoms with Crippen LogP contribution in [0.4, 0.5) is 0 Å². The summed E-state index contributed by atoms with van der Waals surface area (Å²) in [6, 6.07) is 0. The number of hydrogen-bond acceptors (Lipinski definition) is 2. The molecule has 0 N–H and O–H groups in total. The summed E-state index contributed by atoms with van der Waals surface area (Å²) < 4.78 is 5.98. The molecule has 0 spiro atoms. The lowest BCUT2D eigenvalue weighted by molar-refractivity contribution is 0.00177. The third-order valence-corrected chi connectivity index (χ3v) is 5.00. The monoisotopic (exact) mass is 281 g/mol. The van der Waals surface area contributed by atoms with E-state index in [1.54, 1.807) is 11.3 Å². The molecule has 2 heteroatoms. The van der Waals surface area contributed by atoms with Crippen LogP contribution in [-0.4, -0.2) is 24.3 Å². The van der Waals surface area contributed by atoms with Crippen LogP contribution in [0.3, 0.4) is 0 Å². The Morgan fingerprint density at radius 2 is 1.90 bits per heavy atom. The van der Waals surface area contributed by atoms with E-state index < -0.39 is 0 Å². The summed E-state index contributed by atoms with van der Waals surface area (Å²) in [6.07, 6.45) is 23.0. The molecule has 0 amide bonds. The molecule has 1 saturated heterocycles. The van der Waals surface area contributed by atoms with Gasteiger partial charge in [0.05, 0.1) is 0 Å². The third kappa shape index (κ3) is 2.42. The minimum atomic E-state index is 0.311. The fourth-order valence-electron chi connectivity index (χ4n) is 4.02. The molecule has 1 fully saturated rings. The molecule has 110 valence electrons. The molecule has 2 heterocycles. The topological polar surface area (TPSA) is 12.5 Å². The van der Waals surface area contributed by atoms with Crippen molar-refractivity contribution < 1.29 is 4.74 Å². The fraction of sp³-hybridized carbons (Fsp3) is 0.474. The average molecular weight is 281 g/mol. The standard InChI is InChI=1S/C19H23NO/c1-2-9-16(10-3-1)19-17(15-7-4-5-8-15)12-13-20(19)18-11-6-14-21-18/h1-5,7-9,15-16,18H,6,10-14H2. The molecule has 2 aliphatic heterocycles. The first kappa shape index (κ1) is 13.1. The number of allylic oxidation sites excluding steroid dienone is 8. The predicted octanol–water partition coefficient (Wildman–Crippen LogP) is 3.96. The molecule has 0 aromatic rings. The Morgan fingerprint density at radius 3 is 2.62 bits per heavy atom. The lowest BCUT2D eigenvalue weighted by Crippen LogP contribution is -2.34. The Hall–Kier alpha value is -1.54. The van der Waals surface area contributed by atoms with Crippen LogP contribution < -0.4 is 0 Å². The van der Waals surface area contributed by atoms with E-state index in [0.717, 1.165) is 19.6 Å². The summed E-state index contributed by atoms with van der Waals surface area (Å²) in [7, 11) is 0. The van der Waals surface area contributed by atoms with Gasteiger partial charge in [-0.25, -0.2) is 0 Å². The second-order valence-corrected chi connectivity index (χ2v) is 6.27. The van der Waals surface area contributed by atoms with Gasteiger partial charge in [-0.05, 0) is 31.3 Å². The summed E-state index contributed by atoms with van der Waals surface area (Å²) in [5, 5.41) is 0. The lowest BCUT2D eigenvalue weighted by atomic mass is 9.89. The quantitative estimate of drug-likeness (QED) is 0.776. The van der Waals surface area contributed by atoms with E-state index in [2.05, 4.69) is 53.5 Å². The van der Waals surface area contributed by atoms with Crippen molar-refractivity contribution in [2.45, 2.75) is 31.9 Å². The minimum absolute atomic E-state index is 0.311. The van der Waals surface area contributed by atoms with Crippen LogP contribution in [0.1, 0.15) is 25.7 Å². The molecule has 0 saturated carbocycles. The second kappa shape index (κ2) is 5.69. The molecule has 2 nitrogen and oxygen atoms in total. The van der Waals surface area contributed by atoms with Gasteiger partial charge in [-0.15, -0.1) is 0 Å². The summed E-state index contributed by atoms with van der Waals surface area (Å²) in [5.74, 6) is 1.03. The first-order valence-electron chi connectivity index (χ1n) is 8.23. The molecule has 2 aliphatic carbocycles. The Kier molecular flexibility index (Phi) is 3.56. The zero-order valence-electron chi connectivity index (χ0n) is 12.4. The Balaban J connectivity index is 1.68. The summed E-state index contributed by atoms with van der Waals surface area (Å²) in [6.45, 7) is 2.05. The number of rotatable bonds is 3. The van der Waals surface area contributed by atoms with E-state index in [9.17, 15) is 0 Å². The Bertz CT molecular complexity index is 534. The highest BCUT2D eigenvalue weighted by Crippen LogP contribution is 2.41. The van der Waals surface area contributed by atoms with Gasteiger partial charge in [0.2, 0.25) is 0 Å². The first-order chi connectivity index (χ1) is 10.4. The van der Waals surface area contributed by atoms with Crippen LogP contribution in [0.5, 0.6) is 0 Å². The fourth-order valence-corrected chi connectivity index (χ4v) is 4.02. The minimum Gasteiger partial charge on any atom is -0.358 e. The van der Waals surface area contributed by atoms with Crippen molar-refractivity contribution >= 4 is 0 Å². The van der Waals surface area contributed by atoms with Crippen molar-refractivity contribution in [2.24, 2.45) is 11.8 Å². The van der Waals surface area contributed by atoms with Gasteiger partial charge < -0.3 is 9.64 Å². The van der Waals surface area contributed by atoms with E-state index in [1.807, 2.05) is 0 Å². The maximum absolute atomic E-state index is 5.98. The molecular weight excluding hydrogens is 258 g/mol. The summed E-state index contributed by atoms with van der Waals surface area (Å²) in [4.78, 5) is 2.57. The zero-order chi connectivity index (χ0) is 14.1. The zero-order valence-corrected chi connectivity index (χ0v) is 12.4. The van der Waals surface area contributed by atoms with Crippen molar-refractivity contribution in [3.63, 3.8) is 0 Å². The Morgan fingerprint density at radius 1 is 1.05 bits per heavy atom. The van der Waals surface area contributed by atoms with Gasteiger partial charge in [0.1, 0.15) is 6.23 Å². The van der Waals surface area contributed by atoms with Gasteiger partial charge >= 0.3 is 0 Å². The van der Waals surface area contributed by atoms with Gasteiger partial charge in [-0.1, -0.05) is 48.6 Å². The second-order valence-electron chi connectivity index (χ2n) is 6.27. The van der Waals surface area contributed by atoms with Crippen LogP contribution in [0, 0.1) is 11.8 Å². The van der Waals surface area contributed by atoms with Crippen LogP contribution in [0.15, 0.2) is 59.9 Å². The lowest BCUT2D eigenvalue weighted by Gasteiger charge is -2.33. The van der Waals surface area contributed by atoms with Gasteiger partial charge in [0.25, 0.3) is 0 Å². The molecule has 4 rings (SSSR count). The highest BCUT2D eigenvalue weighted by molar-refractivity contribution is 5.37. The van der Waals surface area contributed by atoms with E-state index >= 15 is 0 Å². The van der Waals surface area contributed by atoms with Crippen molar-refractivity contribution in [3.05, 3.63) is 59.9 Å². The smallest absolute Gasteiger partial charge is 0.129 e. The van der Waals surface area contributed by atoms with Crippen LogP contribution in [0.2, 0.25) is 0 Å². The average Bonchev–Trinajstić information content (AvgIpc) is 3.27. The molecule has 4 aliphatic rings. The largest absolute Gasteiger partial charge is 0.358 e. The van der Waals surface area contributed by atoms with Gasteiger partial charge in [0, 0.05) is 30.7 Å². The maximum atomic E-state index is 5.98. The van der Waals surface area contributed by atoms with Crippen molar-refractivity contribution in [1.29, 1.82) is 0 Å². The van der Waals surface area contributed by atoms with Crippen molar-refractivity contribution in [3.8, 4) is 0 Å². The van der Waals surface area contributed by atoms with Gasteiger partial charge in [-0.2, -0.15) is 0 Å². The van der Waals surface area contributed by atoms with Crippen LogP contribution in [-0.2, 0) is 4.74 Å². The highest BCUT2D eigenvalue weighted by Gasteiger charge is 2.35. The number of ether oxygens (including phenoxy) is 1. The van der Waals surface area contributed by atoms with E-state index in [1.165, 1.54) is 19.3 Å². The van der Waals surface area contributed by atoms with Gasteiger partial charge in [0.15, 0.2) is 0 Å². The maximum Gasteiger partial charge on any atom is 0.129 e. The molecule has 21 heavy (non-hydrogen) atoms. The SMILES string of the molecule is C1=CCC(C2=C(C3C=CC=C3)CCN2C2CCCO2)C=C1. The van der Waals surface area contributed by atoms with Crippen molar-refractivity contribution in [1.82, 2.24) is 4.90 Å².